The first-order valence-electron chi connectivity index (χ1n) is 8.06. The quantitative estimate of drug-likeness (QED) is 0.818. The van der Waals surface area contributed by atoms with Crippen LogP contribution in [-0.4, -0.2) is 19.4 Å². The normalized spacial score (nSPS) is 22.3. The van der Waals surface area contributed by atoms with Crippen LogP contribution in [0.3, 0.4) is 0 Å². The molecule has 1 fully saturated rings. The van der Waals surface area contributed by atoms with Crippen molar-refractivity contribution in [2.45, 2.75) is 32.3 Å². The van der Waals surface area contributed by atoms with Gasteiger partial charge in [-0.15, -0.1) is 0 Å². The Balaban J connectivity index is 1.76. The third-order valence-electron chi connectivity index (χ3n) is 4.12. The summed E-state index contributed by atoms with van der Waals surface area (Å²) in [5, 5.41) is 3.40. The van der Waals surface area contributed by atoms with Crippen LogP contribution < -0.4 is 5.32 Å². The SMILES string of the molecule is Cc1cc(Br)cc([C@@H](C)O[C@H]2OCCN[C@H]2c2ccc(F)cc2)c1. The molecule has 0 unspecified atom stereocenters. The molecule has 0 amide bonds. The van der Waals surface area contributed by atoms with E-state index in [0.29, 0.717) is 6.61 Å². The van der Waals surface area contributed by atoms with E-state index in [1.54, 1.807) is 12.1 Å². The van der Waals surface area contributed by atoms with Gasteiger partial charge in [-0.25, -0.2) is 4.39 Å². The molecular formula is C19H21BrFNO2. The lowest BCUT2D eigenvalue weighted by atomic mass is 10.0. The predicted octanol–water partition coefficient (Wildman–Crippen LogP) is 4.66. The monoisotopic (exact) mass is 393 g/mol. The second-order valence-electron chi connectivity index (χ2n) is 6.06. The maximum Gasteiger partial charge on any atom is 0.177 e. The minimum Gasteiger partial charge on any atom is -0.349 e. The van der Waals surface area contributed by atoms with Gasteiger partial charge in [0, 0.05) is 11.0 Å². The molecule has 1 heterocycles. The number of morpholine rings is 1. The lowest BCUT2D eigenvalue weighted by Gasteiger charge is -2.34. The number of halogens is 2. The van der Waals surface area contributed by atoms with Crippen molar-refractivity contribution in [1.82, 2.24) is 5.32 Å². The van der Waals surface area contributed by atoms with Crippen LogP contribution in [0, 0.1) is 12.7 Å². The summed E-state index contributed by atoms with van der Waals surface area (Å²) in [5.41, 5.74) is 3.22. The zero-order valence-electron chi connectivity index (χ0n) is 13.8. The Morgan fingerprint density at radius 1 is 1.25 bits per heavy atom. The third-order valence-corrected chi connectivity index (χ3v) is 4.58. The molecule has 2 aromatic rings. The van der Waals surface area contributed by atoms with Crippen molar-refractivity contribution in [2.24, 2.45) is 0 Å². The van der Waals surface area contributed by atoms with Crippen LogP contribution in [0.25, 0.3) is 0 Å². The molecule has 0 bridgehead atoms. The van der Waals surface area contributed by atoms with Gasteiger partial charge in [0.05, 0.1) is 18.8 Å². The molecule has 3 rings (SSSR count). The van der Waals surface area contributed by atoms with Gasteiger partial charge in [-0.05, 0) is 54.8 Å². The molecule has 2 aromatic carbocycles. The average molecular weight is 394 g/mol. The van der Waals surface area contributed by atoms with Gasteiger partial charge in [0.1, 0.15) is 5.82 Å². The summed E-state index contributed by atoms with van der Waals surface area (Å²) in [6, 6.07) is 12.6. The van der Waals surface area contributed by atoms with Gasteiger partial charge in [-0.2, -0.15) is 0 Å². The number of rotatable bonds is 4. The first-order chi connectivity index (χ1) is 11.5. The van der Waals surface area contributed by atoms with Crippen LogP contribution in [0.4, 0.5) is 4.39 Å². The molecule has 5 heteroatoms. The predicted molar refractivity (Wildman–Crippen MR) is 95.3 cm³/mol. The largest absolute Gasteiger partial charge is 0.349 e. The van der Waals surface area contributed by atoms with Gasteiger partial charge < -0.3 is 14.8 Å². The van der Waals surface area contributed by atoms with E-state index in [1.807, 2.05) is 6.92 Å². The smallest absolute Gasteiger partial charge is 0.177 e. The summed E-state index contributed by atoms with van der Waals surface area (Å²) >= 11 is 3.53. The maximum atomic E-state index is 13.2. The van der Waals surface area contributed by atoms with Crippen molar-refractivity contribution in [2.75, 3.05) is 13.2 Å². The van der Waals surface area contributed by atoms with Gasteiger partial charge in [0.25, 0.3) is 0 Å². The molecule has 3 atom stereocenters. The Morgan fingerprint density at radius 2 is 2.00 bits per heavy atom. The van der Waals surface area contributed by atoms with Crippen molar-refractivity contribution in [3.63, 3.8) is 0 Å². The molecule has 1 aliphatic rings. The number of nitrogens with one attached hydrogen (secondary N) is 1. The van der Waals surface area contributed by atoms with E-state index in [2.05, 4.69) is 46.4 Å². The van der Waals surface area contributed by atoms with Crippen LogP contribution in [0.2, 0.25) is 0 Å². The van der Waals surface area contributed by atoms with E-state index in [-0.39, 0.29) is 18.0 Å². The maximum absolute atomic E-state index is 13.2. The molecule has 1 aliphatic heterocycles. The molecule has 3 nitrogen and oxygen atoms in total. The summed E-state index contributed by atoms with van der Waals surface area (Å²) in [5.74, 6) is -0.245. The molecule has 0 aromatic heterocycles. The van der Waals surface area contributed by atoms with Crippen molar-refractivity contribution in [3.8, 4) is 0 Å². The molecule has 0 saturated carbocycles. The van der Waals surface area contributed by atoms with Crippen LogP contribution in [0.15, 0.2) is 46.9 Å². The molecule has 0 spiro atoms. The van der Waals surface area contributed by atoms with Crippen molar-refractivity contribution >= 4 is 15.9 Å². The van der Waals surface area contributed by atoms with E-state index in [1.165, 1.54) is 17.7 Å². The van der Waals surface area contributed by atoms with E-state index in [0.717, 1.165) is 22.1 Å². The molecule has 1 N–H and O–H groups in total. The summed E-state index contributed by atoms with van der Waals surface area (Å²) < 4.78 is 26.2. The lowest BCUT2D eigenvalue weighted by Crippen LogP contribution is -2.43. The first kappa shape index (κ1) is 17.5. The van der Waals surface area contributed by atoms with Crippen LogP contribution >= 0.6 is 15.9 Å². The minimum absolute atomic E-state index is 0.116. The fraction of sp³-hybridized carbons (Fsp3) is 0.368. The molecule has 0 aliphatic carbocycles. The van der Waals surface area contributed by atoms with Gasteiger partial charge in [-0.3, -0.25) is 0 Å². The number of aryl methyl sites for hydroxylation is 1. The Bertz CT molecular complexity index is 672. The fourth-order valence-electron chi connectivity index (χ4n) is 2.92. The highest BCUT2D eigenvalue weighted by molar-refractivity contribution is 9.10. The van der Waals surface area contributed by atoms with E-state index in [4.69, 9.17) is 9.47 Å². The zero-order valence-corrected chi connectivity index (χ0v) is 15.3. The fourth-order valence-corrected chi connectivity index (χ4v) is 3.55. The molecule has 128 valence electrons. The van der Waals surface area contributed by atoms with E-state index < -0.39 is 6.29 Å². The standard InChI is InChI=1S/C19H21BrFNO2/c1-12-9-15(11-16(20)10-12)13(2)24-19-18(22-7-8-23-19)14-3-5-17(21)6-4-14/h3-6,9-11,13,18-19,22H,7-8H2,1-2H3/t13-,18+,19-/m1/s1. The topological polar surface area (TPSA) is 30.5 Å². The average Bonchev–Trinajstić information content (AvgIpc) is 2.55. The molecule has 24 heavy (non-hydrogen) atoms. The number of ether oxygens (including phenoxy) is 2. The second kappa shape index (κ2) is 7.74. The third kappa shape index (κ3) is 4.22. The summed E-state index contributed by atoms with van der Waals surface area (Å²) in [4.78, 5) is 0. The molecule has 1 saturated heterocycles. The van der Waals surface area contributed by atoms with E-state index >= 15 is 0 Å². The van der Waals surface area contributed by atoms with Gasteiger partial charge in [0.15, 0.2) is 6.29 Å². The lowest BCUT2D eigenvalue weighted by molar-refractivity contribution is -0.200. The highest BCUT2D eigenvalue weighted by Gasteiger charge is 2.29. The minimum atomic E-state index is -0.418. The Kier molecular flexibility index (Phi) is 5.66. The molecule has 0 radical (unpaired) electrons. The van der Waals surface area contributed by atoms with Crippen molar-refractivity contribution in [3.05, 3.63) is 69.4 Å². The highest BCUT2D eigenvalue weighted by atomic mass is 79.9. The van der Waals surface area contributed by atoms with Crippen molar-refractivity contribution < 1.29 is 13.9 Å². The Morgan fingerprint density at radius 3 is 2.71 bits per heavy atom. The number of hydrogen-bond acceptors (Lipinski definition) is 3. The summed E-state index contributed by atoms with van der Waals surface area (Å²) in [6.07, 6.45) is -0.535. The van der Waals surface area contributed by atoms with Gasteiger partial charge >= 0.3 is 0 Å². The van der Waals surface area contributed by atoms with E-state index in [9.17, 15) is 4.39 Å². The highest BCUT2D eigenvalue weighted by Crippen LogP contribution is 2.30. The number of hydrogen-bond donors (Lipinski definition) is 1. The molecular weight excluding hydrogens is 373 g/mol. The van der Waals surface area contributed by atoms with Crippen LogP contribution in [-0.2, 0) is 9.47 Å². The Labute approximate surface area is 150 Å². The van der Waals surface area contributed by atoms with Crippen LogP contribution in [0.1, 0.15) is 35.8 Å². The first-order valence-corrected chi connectivity index (χ1v) is 8.85. The van der Waals surface area contributed by atoms with Gasteiger partial charge in [-0.1, -0.05) is 34.1 Å². The van der Waals surface area contributed by atoms with Crippen molar-refractivity contribution in [1.29, 1.82) is 0 Å². The van der Waals surface area contributed by atoms with Gasteiger partial charge in [0.2, 0.25) is 0 Å². The summed E-state index contributed by atoms with van der Waals surface area (Å²) in [7, 11) is 0. The zero-order chi connectivity index (χ0) is 17.1. The second-order valence-corrected chi connectivity index (χ2v) is 6.98. The summed E-state index contributed by atoms with van der Waals surface area (Å²) in [6.45, 7) is 5.40. The Hall–Kier alpha value is -1.27. The number of benzene rings is 2. The van der Waals surface area contributed by atoms with Crippen LogP contribution in [0.5, 0.6) is 0 Å².